The maximum atomic E-state index is 8.70. The van der Waals surface area contributed by atoms with Crippen LogP contribution in [0.25, 0.3) is 11.4 Å². The van der Waals surface area contributed by atoms with E-state index < -0.39 is 0 Å². The van der Waals surface area contributed by atoms with Crippen molar-refractivity contribution in [1.29, 1.82) is 5.26 Å². The highest BCUT2D eigenvalue weighted by Gasteiger charge is 2.17. The number of aryl methyl sites for hydroxylation is 1. The van der Waals surface area contributed by atoms with Crippen molar-refractivity contribution in [3.63, 3.8) is 0 Å². The Balaban J connectivity index is 2.32. The summed E-state index contributed by atoms with van der Waals surface area (Å²) in [6, 6.07) is 10.4. The molecular formula is C17H20N4S. The lowest BCUT2D eigenvalue weighted by Crippen LogP contribution is -2.04. The van der Waals surface area contributed by atoms with Crippen LogP contribution < -0.4 is 0 Å². The van der Waals surface area contributed by atoms with Crippen molar-refractivity contribution in [3.8, 4) is 17.5 Å². The molecule has 0 saturated carbocycles. The zero-order valence-corrected chi connectivity index (χ0v) is 13.8. The predicted octanol–water partition coefficient (Wildman–Crippen LogP) is 4.22. The minimum Gasteiger partial charge on any atom is -0.298 e. The number of nitrogens with zero attached hydrogens (tertiary/aromatic N) is 4. The van der Waals surface area contributed by atoms with Gasteiger partial charge in [0.2, 0.25) is 0 Å². The lowest BCUT2D eigenvalue weighted by molar-refractivity contribution is 0.724. The van der Waals surface area contributed by atoms with E-state index in [0.29, 0.717) is 18.2 Å². The summed E-state index contributed by atoms with van der Waals surface area (Å²) in [6.45, 7) is 8.69. The maximum absolute atomic E-state index is 8.70. The summed E-state index contributed by atoms with van der Waals surface area (Å²) >= 11 is 1.66. The minimum atomic E-state index is 0.331. The molecule has 0 bridgehead atoms. The fourth-order valence-corrected chi connectivity index (χ4v) is 3.17. The molecule has 2 aromatic rings. The summed E-state index contributed by atoms with van der Waals surface area (Å²) in [4.78, 5) is 0. The third kappa shape index (κ3) is 3.77. The number of aromatic nitrogens is 3. The van der Waals surface area contributed by atoms with E-state index in [0.717, 1.165) is 23.0 Å². The van der Waals surface area contributed by atoms with E-state index in [1.165, 1.54) is 5.56 Å². The third-order valence-electron chi connectivity index (χ3n) is 3.38. The number of hydrogen-bond donors (Lipinski definition) is 0. The first-order valence-corrected chi connectivity index (χ1v) is 8.19. The molecule has 5 heteroatoms. The van der Waals surface area contributed by atoms with Gasteiger partial charge in [-0.05, 0) is 18.9 Å². The molecule has 0 aliphatic heterocycles. The van der Waals surface area contributed by atoms with Gasteiger partial charge in [-0.15, -0.1) is 16.8 Å². The van der Waals surface area contributed by atoms with E-state index in [4.69, 9.17) is 5.26 Å². The van der Waals surface area contributed by atoms with E-state index >= 15 is 0 Å². The number of allylic oxidation sites excluding steroid dienone is 1. The van der Waals surface area contributed by atoms with Gasteiger partial charge < -0.3 is 0 Å². The van der Waals surface area contributed by atoms with Crippen LogP contribution in [0.1, 0.15) is 25.3 Å². The van der Waals surface area contributed by atoms with Crippen molar-refractivity contribution in [2.24, 2.45) is 0 Å². The van der Waals surface area contributed by atoms with Crippen molar-refractivity contribution in [2.75, 3.05) is 0 Å². The topological polar surface area (TPSA) is 54.5 Å². The molecule has 0 amide bonds. The van der Waals surface area contributed by atoms with Gasteiger partial charge in [-0.25, -0.2) is 0 Å². The fourth-order valence-electron chi connectivity index (χ4n) is 2.20. The van der Waals surface area contributed by atoms with Crippen LogP contribution in [0.2, 0.25) is 0 Å². The highest BCUT2D eigenvalue weighted by Crippen LogP contribution is 2.29. The molecule has 114 valence electrons. The Morgan fingerprint density at radius 2 is 2.18 bits per heavy atom. The summed E-state index contributed by atoms with van der Waals surface area (Å²) in [5.41, 5.74) is 2.27. The lowest BCUT2D eigenvalue weighted by atomic mass is 10.1. The van der Waals surface area contributed by atoms with Gasteiger partial charge in [-0.3, -0.25) is 4.57 Å². The van der Waals surface area contributed by atoms with Crippen LogP contribution in [0.3, 0.4) is 0 Å². The van der Waals surface area contributed by atoms with Crippen molar-refractivity contribution in [3.05, 3.63) is 42.5 Å². The molecule has 0 fully saturated rings. The van der Waals surface area contributed by atoms with Crippen LogP contribution >= 0.6 is 11.8 Å². The number of nitriles is 1. The van der Waals surface area contributed by atoms with Gasteiger partial charge in [0.05, 0.1) is 6.07 Å². The van der Waals surface area contributed by atoms with Gasteiger partial charge in [-0.2, -0.15) is 5.26 Å². The molecular weight excluding hydrogens is 292 g/mol. The Hall–Kier alpha value is -2.06. The second-order valence-corrected chi connectivity index (χ2v) is 6.55. The first-order valence-electron chi connectivity index (χ1n) is 7.31. The third-order valence-corrected chi connectivity index (χ3v) is 4.53. The SMILES string of the molecule is C=CCn1c(S[C@@H](C)CCC#N)nnc1-c1ccccc1C. The lowest BCUT2D eigenvalue weighted by Gasteiger charge is -2.12. The minimum absolute atomic E-state index is 0.331. The van der Waals surface area contributed by atoms with Crippen LogP contribution in [0.15, 0.2) is 42.1 Å². The summed E-state index contributed by atoms with van der Waals surface area (Å²) < 4.78 is 2.09. The first-order chi connectivity index (χ1) is 10.7. The van der Waals surface area contributed by atoms with Gasteiger partial charge in [-0.1, -0.05) is 49.0 Å². The second kappa shape index (κ2) is 7.81. The van der Waals surface area contributed by atoms with E-state index in [1.54, 1.807) is 11.8 Å². The Labute approximate surface area is 135 Å². The second-order valence-electron chi connectivity index (χ2n) is 5.15. The van der Waals surface area contributed by atoms with Crippen LogP contribution in [0, 0.1) is 18.3 Å². The Kier molecular flexibility index (Phi) is 5.79. The molecule has 0 saturated heterocycles. The zero-order valence-electron chi connectivity index (χ0n) is 13.0. The van der Waals surface area contributed by atoms with Gasteiger partial charge in [0.1, 0.15) is 0 Å². The average molecular weight is 312 g/mol. The maximum Gasteiger partial charge on any atom is 0.192 e. The molecule has 0 radical (unpaired) electrons. The molecule has 22 heavy (non-hydrogen) atoms. The number of thioether (sulfide) groups is 1. The fraction of sp³-hybridized carbons (Fsp3) is 0.353. The molecule has 1 atom stereocenters. The molecule has 4 nitrogen and oxygen atoms in total. The Morgan fingerprint density at radius 3 is 2.86 bits per heavy atom. The largest absolute Gasteiger partial charge is 0.298 e. The molecule has 1 aromatic carbocycles. The summed E-state index contributed by atoms with van der Waals surface area (Å²) in [6.07, 6.45) is 3.27. The monoisotopic (exact) mass is 312 g/mol. The van der Waals surface area contributed by atoms with Crippen LogP contribution in [0.4, 0.5) is 0 Å². The Bertz CT molecular complexity index is 684. The summed E-state index contributed by atoms with van der Waals surface area (Å²) in [5.74, 6) is 0.869. The van der Waals surface area contributed by atoms with Gasteiger partial charge in [0, 0.05) is 23.8 Å². The van der Waals surface area contributed by atoms with Gasteiger partial charge in [0.15, 0.2) is 11.0 Å². The first kappa shape index (κ1) is 16.3. The molecule has 0 spiro atoms. The molecule has 0 N–H and O–H groups in total. The highest BCUT2D eigenvalue weighted by atomic mass is 32.2. The van der Waals surface area contributed by atoms with E-state index in [9.17, 15) is 0 Å². The summed E-state index contributed by atoms with van der Waals surface area (Å²) in [5, 5.41) is 18.6. The van der Waals surface area contributed by atoms with Gasteiger partial charge >= 0.3 is 0 Å². The molecule has 0 unspecified atom stereocenters. The molecule has 2 rings (SSSR count). The van der Waals surface area contributed by atoms with Crippen molar-refractivity contribution >= 4 is 11.8 Å². The van der Waals surface area contributed by atoms with Crippen LogP contribution in [0.5, 0.6) is 0 Å². The number of benzene rings is 1. The average Bonchev–Trinajstić information content (AvgIpc) is 2.89. The predicted molar refractivity (Wildman–Crippen MR) is 90.6 cm³/mol. The summed E-state index contributed by atoms with van der Waals surface area (Å²) in [7, 11) is 0. The van der Waals surface area contributed by atoms with Crippen LogP contribution in [-0.2, 0) is 6.54 Å². The molecule has 0 aliphatic rings. The number of rotatable bonds is 7. The smallest absolute Gasteiger partial charge is 0.192 e. The number of hydrogen-bond acceptors (Lipinski definition) is 4. The van der Waals surface area contributed by atoms with E-state index in [2.05, 4.69) is 53.4 Å². The van der Waals surface area contributed by atoms with Gasteiger partial charge in [0.25, 0.3) is 0 Å². The molecule has 1 aromatic heterocycles. The Morgan fingerprint density at radius 1 is 1.41 bits per heavy atom. The molecule has 0 aliphatic carbocycles. The van der Waals surface area contributed by atoms with Crippen LogP contribution in [-0.4, -0.2) is 20.0 Å². The van der Waals surface area contributed by atoms with E-state index in [1.807, 2.05) is 18.2 Å². The van der Waals surface area contributed by atoms with Crippen molar-refractivity contribution < 1.29 is 0 Å². The molecule has 1 heterocycles. The highest BCUT2D eigenvalue weighted by molar-refractivity contribution is 7.99. The standard InChI is InChI=1S/C17H20N4S/c1-4-12-21-16(15-10-6-5-8-13(15)2)19-20-17(21)22-14(3)9-7-11-18/h4-6,8,10,14H,1,7,9,12H2,2-3H3/t14-/m0/s1. The quantitative estimate of drug-likeness (QED) is 0.567. The van der Waals surface area contributed by atoms with E-state index in [-0.39, 0.29) is 0 Å². The normalized spacial score (nSPS) is 11.9. The zero-order chi connectivity index (χ0) is 15.9. The van der Waals surface area contributed by atoms with Crippen molar-refractivity contribution in [1.82, 2.24) is 14.8 Å². The van der Waals surface area contributed by atoms with Crippen molar-refractivity contribution in [2.45, 2.75) is 43.6 Å².